The highest BCUT2D eigenvalue weighted by Crippen LogP contribution is 2.38. The van der Waals surface area contributed by atoms with Crippen LogP contribution in [0.2, 0.25) is 0 Å². The van der Waals surface area contributed by atoms with Gasteiger partial charge in [-0.15, -0.1) is 0 Å². The number of hydrogen-bond acceptors (Lipinski definition) is 0. The molecular weight excluding hydrogens is 168 g/mol. The maximum Gasteiger partial charge on any atom is 0.0167 e. The molecule has 1 aromatic rings. The third-order valence-electron chi connectivity index (χ3n) is 3.42. The molecule has 0 heterocycles. The molecule has 0 bridgehead atoms. The van der Waals surface area contributed by atoms with Crippen molar-refractivity contribution in [3.05, 3.63) is 45.9 Å². The predicted molar refractivity (Wildman–Crippen MR) is 62.3 cm³/mol. The summed E-state index contributed by atoms with van der Waals surface area (Å²) < 4.78 is 0. The largest absolute Gasteiger partial charge is 0.0613 e. The lowest BCUT2D eigenvalue weighted by molar-refractivity contribution is 1.24. The van der Waals surface area contributed by atoms with Crippen molar-refractivity contribution < 1.29 is 0 Å². The van der Waals surface area contributed by atoms with E-state index in [-0.39, 0.29) is 0 Å². The summed E-state index contributed by atoms with van der Waals surface area (Å²) in [5, 5.41) is 0. The number of fused-ring (bicyclic) bond motifs is 1. The van der Waals surface area contributed by atoms with Gasteiger partial charge in [0, 0.05) is 6.42 Å². The van der Waals surface area contributed by atoms with Crippen LogP contribution < -0.4 is 0 Å². The van der Waals surface area contributed by atoms with Gasteiger partial charge in [0.05, 0.1) is 0 Å². The number of benzene rings is 1. The van der Waals surface area contributed by atoms with Crippen LogP contribution in [0.3, 0.4) is 0 Å². The fraction of sp³-hybridized carbons (Fsp3) is 0.357. The molecule has 0 N–H and O–H groups in total. The van der Waals surface area contributed by atoms with Gasteiger partial charge in [0.1, 0.15) is 0 Å². The van der Waals surface area contributed by atoms with Gasteiger partial charge < -0.3 is 0 Å². The van der Waals surface area contributed by atoms with Crippen LogP contribution in [0.25, 0.3) is 5.57 Å². The van der Waals surface area contributed by atoms with E-state index >= 15 is 0 Å². The van der Waals surface area contributed by atoms with Crippen molar-refractivity contribution in [2.75, 3.05) is 0 Å². The van der Waals surface area contributed by atoms with E-state index in [1.165, 1.54) is 39.0 Å². The summed E-state index contributed by atoms with van der Waals surface area (Å²) in [5.74, 6) is 0. The van der Waals surface area contributed by atoms with E-state index in [9.17, 15) is 0 Å². The lowest BCUT2D eigenvalue weighted by Gasteiger charge is -2.12. The van der Waals surface area contributed by atoms with E-state index in [2.05, 4.69) is 47.1 Å². The molecule has 73 valence electrons. The van der Waals surface area contributed by atoms with Crippen molar-refractivity contribution in [3.63, 3.8) is 0 Å². The molecule has 0 spiro atoms. The van der Waals surface area contributed by atoms with Gasteiger partial charge in [0.25, 0.3) is 0 Å². The average molecular weight is 185 g/mol. The summed E-state index contributed by atoms with van der Waals surface area (Å²) in [4.78, 5) is 0. The second-order valence-corrected chi connectivity index (χ2v) is 4.38. The minimum absolute atomic E-state index is 1.40. The van der Waals surface area contributed by atoms with E-state index in [4.69, 9.17) is 0 Å². The SMILES string of the molecule is CC1=C(C)c2c(C)cc(C)c(C)c2[CH]1. The van der Waals surface area contributed by atoms with Gasteiger partial charge in [0.15, 0.2) is 0 Å². The van der Waals surface area contributed by atoms with Gasteiger partial charge in [-0.1, -0.05) is 11.6 Å². The second kappa shape index (κ2) is 2.98. The third kappa shape index (κ3) is 1.13. The molecule has 1 radical (unpaired) electrons. The zero-order valence-corrected chi connectivity index (χ0v) is 9.65. The molecule has 0 fully saturated rings. The smallest absolute Gasteiger partial charge is 0.0167 e. The topological polar surface area (TPSA) is 0 Å². The maximum atomic E-state index is 2.32. The van der Waals surface area contributed by atoms with Crippen molar-refractivity contribution in [3.8, 4) is 0 Å². The number of hydrogen-bond donors (Lipinski definition) is 0. The van der Waals surface area contributed by atoms with Crippen LogP contribution in [0.15, 0.2) is 11.6 Å². The Kier molecular flexibility index (Phi) is 2.02. The molecule has 0 heteroatoms. The van der Waals surface area contributed by atoms with Crippen LogP contribution in [0.4, 0.5) is 0 Å². The minimum atomic E-state index is 1.40. The van der Waals surface area contributed by atoms with Crippen molar-refractivity contribution >= 4 is 5.57 Å². The Labute approximate surface area is 86.7 Å². The van der Waals surface area contributed by atoms with Crippen molar-refractivity contribution in [2.45, 2.75) is 34.6 Å². The summed E-state index contributed by atoms with van der Waals surface area (Å²) in [6.45, 7) is 11.0. The summed E-state index contributed by atoms with van der Waals surface area (Å²) in [7, 11) is 0. The lowest BCUT2D eigenvalue weighted by atomic mass is 9.93. The zero-order valence-electron chi connectivity index (χ0n) is 9.65. The van der Waals surface area contributed by atoms with Gasteiger partial charge in [-0.05, 0) is 68.0 Å². The van der Waals surface area contributed by atoms with E-state index in [1.54, 1.807) is 0 Å². The first kappa shape index (κ1) is 9.51. The normalized spacial score (nSPS) is 14.9. The van der Waals surface area contributed by atoms with Crippen LogP contribution >= 0.6 is 0 Å². The minimum Gasteiger partial charge on any atom is -0.0613 e. The second-order valence-electron chi connectivity index (χ2n) is 4.38. The summed E-state index contributed by atoms with van der Waals surface area (Å²) in [6.07, 6.45) is 2.32. The molecule has 1 aliphatic carbocycles. The highest BCUT2D eigenvalue weighted by Gasteiger charge is 2.20. The Balaban J connectivity index is 2.75. The van der Waals surface area contributed by atoms with Gasteiger partial charge in [-0.2, -0.15) is 0 Å². The highest BCUT2D eigenvalue weighted by atomic mass is 14.2. The Bertz CT molecular complexity index is 434. The Hall–Kier alpha value is -1.04. The first-order valence-electron chi connectivity index (χ1n) is 5.15. The van der Waals surface area contributed by atoms with E-state index in [0.29, 0.717) is 0 Å². The molecule has 1 aromatic carbocycles. The van der Waals surface area contributed by atoms with Crippen LogP contribution in [-0.2, 0) is 0 Å². The lowest BCUT2D eigenvalue weighted by Crippen LogP contribution is -1.94. The molecule has 1 aliphatic rings. The number of rotatable bonds is 0. The Morgan fingerprint density at radius 3 is 2.14 bits per heavy atom. The van der Waals surface area contributed by atoms with Gasteiger partial charge in [-0.25, -0.2) is 0 Å². The van der Waals surface area contributed by atoms with Gasteiger partial charge in [-0.3, -0.25) is 0 Å². The fourth-order valence-electron chi connectivity index (χ4n) is 2.32. The highest BCUT2D eigenvalue weighted by molar-refractivity contribution is 5.82. The molecule has 0 unspecified atom stereocenters. The maximum absolute atomic E-state index is 2.32. The molecule has 14 heavy (non-hydrogen) atoms. The van der Waals surface area contributed by atoms with Gasteiger partial charge >= 0.3 is 0 Å². The van der Waals surface area contributed by atoms with Crippen molar-refractivity contribution in [2.24, 2.45) is 0 Å². The molecule has 0 amide bonds. The van der Waals surface area contributed by atoms with Crippen LogP contribution in [0, 0.1) is 27.2 Å². The molecule has 0 nitrogen and oxygen atoms in total. The summed E-state index contributed by atoms with van der Waals surface area (Å²) >= 11 is 0. The Morgan fingerprint density at radius 2 is 1.50 bits per heavy atom. The number of allylic oxidation sites excluding steroid dienone is 2. The van der Waals surface area contributed by atoms with Crippen molar-refractivity contribution in [1.29, 1.82) is 0 Å². The zero-order chi connectivity index (χ0) is 10.5. The van der Waals surface area contributed by atoms with E-state index in [0.717, 1.165) is 0 Å². The standard InChI is InChI=1S/C14H17/c1-8-6-10(3)14-12(5)9(2)7-13(14)11(8)4/h6-7H,1-5H3. The summed E-state index contributed by atoms with van der Waals surface area (Å²) in [6, 6.07) is 2.30. The molecule has 0 atom stereocenters. The quantitative estimate of drug-likeness (QED) is 0.573. The molecule has 2 rings (SSSR count). The van der Waals surface area contributed by atoms with Crippen molar-refractivity contribution in [1.82, 2.24) is 0 Å². The molecular formula is C14H17. The average Bonchev–Trinajstić information content (AvgIpc) is 2.40. The van der Waals surface area contributed by atoms with Gasteiger partial charge in [0.2, 0.25) is 0 Å². The molecule has 0 aromatic heterocycles. The monoisotopic (exact) mass is 185 g/mol. The first-order chi connectivity index (χ1) is 6.52. The molecule has 0 saturated carbocycles. The fourth-order valence-corrected chi connectivity index (χ4v) is 2.32. The van der Waals surface area contributed by atoms with Crippen LogP contribution in [-0.4, -0.2) is 0 Å². The molecule has 0 saturated heterocycles. The summed E-state index contributed by atoms with van der Waals surface area (Å²) in [5.41, 5.74) is 10.0. The van der Waals surface area contributed by atoms with E-state index < -0.39 is 0 Å². The third-order valence-corrected chi connectivity index (χ3v) is 3.42. The number of aryl methyl sites for hydroxylation is 2. The van der Waals surface area contributed by atoms with Crippen LogP contribution in [0.1, 0.15) is 41.7 Å². The Morgan fingerprint density at radius 1 is 0.857 bits per heavy atom. The predicted octanol–water partition coefficient (Wildman–Crippen LogP) is 3.97. The van der Waals surface area contributed by atoms with Crippen LogP contribution in [0.5, 0.6) is 0 Å². The van der Waals surface area contributed by atoms with E-state index in [1.807, 2.05) is 0 Å². The molecule has 0 aliphatic heterocycles. The first-order valence-corrected chi connectivity index (χ1v) is 5.15.